The lowest BCUT2D eigenvalue weighted by Crippen LogP contribution is -2.36. The number of carbonyl (C=O) groups is 1. The smallest absolute Gasteiger partial charge is 0.387 e. The van der Waals surface area contributed by atoms with Gasteiger partial charge < -0.3 is 9.47 Å². The largest absolute Gasteiger partial charge is 0.435 e. The van der Waals surface area contributed by atoms with E-state index in [1.807, 2.05) is 30.1 Å². The van der Waals surface area contributed by atoms with E-state index in [0.29, 0.717) is 11.3 Å². The molecule has 7 nitrogen and oxygen atoms in total. The maximum atomic E-state index is 12.8. The summed E-state index contributed by atoms with van der Waals surface area (Å²) in [5.74, 6) is -0.136. The van der Waals surface area contributed by atoms with Crippen molar-refractivity contribution < 1.29 is 23.0 Å². The van der Waals surface area contributed by atoms with Crippen molar-refractivity contribution in [3.05, 3.63) is 77.9 Å². The van der Waals surface area contributed by atoms with Crippen molar-refractivity contribution >= 4 is 16.6 Å². The standard InChI is InChI=1S/C27H26F2N4O3/c1-32-25(17-33-8-10-35-11-9-33)24(16-31-32)19-2-3-20-15-30-22(13-21(20)12-19)14-26(34)18-4-6-23(7-5-18)36-27(28)29/h2-7,12-13,15-16,27H,8-11,14,17H2,1H3. The third kappa shape index (κ3) is 5.42. The zero-order chi connectivity index (χ0) is 25.1. The molecule has 36 heavy (non-hydrogen) atoms. The van der Waals surface area contributed by atoms with Crippen LogP contribution in [0.2, 0.25) is 0 Å². The third-order valence-corrected chi connectivity index (χ3v) is 6.37. The quantitative estimate of drug-likeness (QED) is 0.338. The molecule has 1 aliphatic heterocycles. The maximum Gasteiger partial charge on any atom is 0.387 e. The number of pyridine rings is 1. The minimum absolute atomic E-state index is 0.0151. The van der Waals surface area contributed by atoms with Gasteiger partial charge in [-0.3, -0.25) is 19.4 Å². The first-order valence-corrected chi connectivity index (χ1v) is 11.7. The van der Waals surface area contributed by atoms with Crippen molar-refractivity contribution in [3.63, 3.8) is 0 Å². The molecule has 1 saturated heterocycles. The zero-order valence-electron chi connectivity index (χ0n) is 19.9. The molecule has 186 valence electrons. The Morgan fingerprint density at radius 1 is 1.06 bits per heavy atom. The first-order chi connectivity index (χ1) is 17.5. The van der Waals surface area contributed by atoms with Crippen molar-refractivity contribution in [2.75, 3.05) is 26.3 Å². The molecule has 2 aromatic heterocycles. The van der Waals surface area contributed by atoms with Gasteiger partial charge in [0, 0.05) is 55.1 Å². The number of hydrogen-bond donors (Lipinski definition) is 0. The normalized spacial score (nSPS) is 14.4. The van der Waals surface area contributed by atoms with Crippen LogP contribution < -0.4 is 4.74 Å². The number of morpholine rings is 1. The summed E-state index contributed by atoms with van der Waals surface area (Å²) in [6, 6.07) is 13.8. The molecule has 4 aromatic rings. The highest BCUT2D eigenvalue weighted by Gasteiger charge is 2.17. The number of ether oxygens (including phenoxy) is 2. The minimum Gasteiger partial charge on any atom is -0.435 e. The van der Waals surface area contributed by atoms with Gasteiger partial charge in [0.2, 0.25) is 0 Å². The number of Topliss-reactive ketones (excluding diaryl/α,β-unsaturated/α-hetero) is 1. The van der Waals surface area contributed by atoms with Crippen LogP contribution in [0.1, 0.15) is 21.7 Å². The Morgan fingerprint density at radius 2 is 1.83 bits per heavy atom. The molecule has 0 amide bonds. The van der Waals surface area contributed by atoms with E-state index in [2.05, 4.69) is 31.9 Å². The number of nitrogens with zero attached hydrogens (tertiary/aromatic N) is 4. The second-order valence-corrected chi connectivity index (χ2v) is 8.76. The molecule has 0 spiro atoms. The molecule has 0 aliphatic carbocycles. The van der Waals surface area contributed by atoms with Gasteiger partial charge in [-0.1, -0.05) is 12.1 Å². The second kappa shape index (κ2) is 10.5. The maximum absolute atomic E-state index is 12.8. The molecular weight excluding hydrogens is 466 g/mol. The minimum atomic E-state index is -2.90. The summed E-state index contributed by atoms with van der Waals surface area (Å²) >= 11 is 0. The summed E-state index contributed by atoms with van der Waals surface area (Å²) < 4.78 is 36.4. The number of fused-ring (bicyclic) bond motifs is 1. The Morgan fingerprint density at radius 3 is 2.58 bits per heavy atom. The topological polar surface area (TPSA) is 69.5 Å². The fraction of sp³-hybridized carbons (Fsp3) is 0.296. The first kappa shape index (κ1) is 24.0. The van der Waals surface area contributed by atoms with Crippen LogP contribution in [0.15, 0.2) is 60.9 Å². The Kier molecular flexibility index (Phi) is 7.02. The fourth-order valence-corrected chi connectivity index (χ4v) is 4.40. The van der Waals surface area contributed by atoms with Crippen LogP contribution >= 0.6 is 0 Å². The zero-order valence-corrected chi connectivity index (χ0v) is 19.9. The summed E-state index contributed by atoms with van der Waals surface area (Å²) in [7, 11) is 1.96. The molecule has 1 fully saturated rings. The molecule has 0 bridgehead atoms. The van der Waals surface area contributed by atoms with Gasteiger partial charge in [0.05, 0.1) is 31.5 Å². The average Bonchev–Trinajstić information content (AvgIpc) is 3.24. The van der Waals surface area contributed by atoms with E-state index in [1.54, 1.807) is 6.20 Å². The van der Waals surface area contributed by atoms with Gasteiger partial charge in [0.1, 0.15) is 5.75 Å². The highest BCUT2D eigenvalue weighted by atomic mass is 19.3. The number of aryl methyl sites for hydroxylation is 1. The number of rotatable bonds is 8. The van der Waals surface area contributed by atoms with Gasteiger partial charge in [-0.15, -0.1) is 0 Å². The number of ketones is 1. The van der Waals surface area contributed by atoms with E-state index in [-0.39, 0.29) is 18.0 Å². The number of hydrogen-bond acceptors (Lipinski definition) is 6. The van der Waals surface area contributed by atoms with Crippen LogP contribution in [0.3, 0.4) is 0 Å². The molecule has 2 aromatic carbocycles. The summed E-state index contributed by atoms with van der Waals surface area (Å²) in [5, 5.41) is 6.46. The molecular formula is C27H26F2N4O3. The SMILES string of the molecule is Cn1ncc(-c2ccc3cnc(CC(=O)c4ccc(OC(F)F)cc4)cc3c2)c1CN1CCOCC1. The van der Waals surface area contributed by atoms with Gasteiger partial charge in [-0.05, 0) is 47.3 Å². The third-order valence-electron chi connectivity index (χ3n) is 6.37. The molecule has 0 atom stereocenters. The van der Waals surface area contributed by atoms with Crippen molar-refractivity contribution in [1.82, 2.24) is 19.7 Å². The molecule has 9 heteroatoms. The van der Waals surface area contributed by atoms with E-state index in [0.717, 1.165) is 60.4 Å². The monoisotopic (exact) mass is 492 g/mol. The van der Waals surface area contributed by atoms with E-state index >= 15 is 0 Å². The molecule has 0 N–H and O–H groups in total. The molecule has 0 unspecified atom stereocenters. The van der Waals surface area contributed by atoms with Crippen molar-refractivity contribution in [2.24, 2.45) is 7.05 Å². The summed E-state index contributed by atoms with van der Waals surface area (Å²) in [4.78, 5) is 19.6. The van der Waals surface area contributed by atoms with Gasteiger partial charge in [-0.2, -0.15) is 13.9 Å². The Hall–Kier alpha value is -3.69. The lowest BCUT2D eigenvalue weighted by molar-refractivity contribution is -0.0498. The summed E-state index contributed by atoms with van der Waals surface area (Å²) in [5.41, 5.74) is 4.32. The predicted molar refractivity (Wildman–Crippen MR) is 131 cm³/mol. The van der Waals surface area contributed by atoms with Crippen LogP contribution in [-0.2, 0) is 24.8 Å². The molecule has 1 aliphatic rings. The highest BCUT2D eigenvalue weighted by Crippen LogP contribution is 2.28. The summed E-state index contributed by atoms with van der Waals surface area (Å²) in [6.45, 7) is 1.17. The fourth-order valence-electron chi connectivity index (χ4n) is 4.40. The molecule has 0 saturated carbocycles. The predicted octanol–water partition coefficient (Wildman–Crippen LogP) is 4.49. The molecule has 3 heterocycles. The van der Waals surface area contributed by atoms with E-state index < -0.39 is 6.61 Å². The molecule has 0 radical (unpaired) electrons. The molecule has 5 rings (SSSR count). The van der Waals surface area contributed by atoms with Crippen molar-refractivity contribution in [3.8, 4) is 16.9 Å². The lowest BCUT2D eigenvalue weighted by Gasteiger charge is -2.27. The first-order valence-electron chi connectivity index (χ1n) is 11.7. The number of carbonyl (C=O) groups excluding carboxylic acids is 1. The highest BCUT2D eigenvalue weighted by molar-refractivity contribution is 5.98. The van der Waals surface area contributed by atoms with Crippen LogP contribution in [0.4, 0.5) is 8.78 Å². The van der Waals surface area contributed by atoms with Gasteiger partial charge in [0.15, 0.2) is 5.78 Å². The Bertz CT molecular complexity index is 1370. The van der Waals surface area contributed by atoms with E-state index in [4.69, 9.17) is 4.74 Å². The van der Waals surface area contributed by atoms with E-state index in [1.165, 1.54) is 24.3 Å². The van der Waals surface area contributed by atoms with Crippen LogP contribution in [0.5, 0.6) is 5.75 Å². The number of halogens is 2. The number of alkyl halides is 2. The lowest BCUT2D eigenvalue weighted by atomic mass is 10.0. The van der Waals surface area contributed by atoms with Gasteiger partial charge in [-0.25, -0.2) is 0 Å². The van der Waals surface area contributed by atoms with Gasteiger partial charge >= 0.3 is 6.61 Å². The number of benzene rings is 2. The summed E-state index contributed by atoms with van der Waals surface area (Å²) in [6.07, 6.45) is 3.76. The van der Waals surface area contributed by atoms with Crippen LogP contribution in [0, 0.1) is 0 Å². The van der Waals surface area contributed by atoms with Crippen molar-refractivity contribution in [1.29, 1.82) is 0 Å². The number of aromatic nitrogens is 3. The van der Waals surface area contributed by atoms with Crippen LogP contribution in [-0.4, -0.2) is 58.4 Å². The second-order valence-electron chi connectivity index (χ2n) is 8.76. The van der Waals surface area contributed by atoms with Crippen LogP contribution in [0.25, 0.3) is 21.9 Å². The Labute approximate surface area is 207 Å². The van der Waals surface area contributed by atoms with E-state index in [9.17, 15) is 13.6 Å². The van der Waals surface area contributed by atoms with Gasteiger partial charge in [0.25, 0.3) is 0 Å². The van der Waals surface area contributed by atoms with Crippen molar-refractivity contribution in [2.45, 2.75) is 19.6 Å². The average molecular weight is 493 g/mol. The Balaban J connectivity index is 1.36.